The minimum atomic E-state index is -1.19. The van der Waals surface area contributed by atoms with Crippen molar-refractivity contribution >= 4 is 12.0 Å². The summed E-state index contributed by atoms with van der Waals surface area (Å²) in [4.78, 5) is 25.3. The number of nitriles is 1. The molecule has 6 nitrogen and oxygen atoms in total. The minimum Gasteiger partial charge on any atom is -0.433 e. The molecule has 2 amide bonds. The van der Waals surface area contributed by atoms with Crippen LogP contribution in [-0.4, -0.2) is 23.6 Å². The van der Waals surface area contributed by atoms with Crippen LogP contribution in [0.15, 0.2) is 30.3 Å². The number of hydrogen-bond acceptors (Lipinski definition) is 4. The number of alkyl carbamates (subject to hydrolysis) is 1. The Kier molecular flexibility index (Phi) is 7.66. The average molecular weight is 371 g/mol. The topological polar surface area (TPSA) is 91.2 Å². The van der Waals surface area contributed by atoms with E-state index in [2.05, 4.69) is 16.7 Å². The normalized spacial score (nSPS) is 16.8. The highest BCUT2D eigenvalue weighted by Gasteiger charge is 2.44. The molecule has 6 heteroatoms. The largest absolute Gasteiger partial charge is 0.433 e. The molecule has 1 aliphatic carbocycles. The van der Waals surface area contributed by atoms with Gasteiger partial charge in [0.15, 0.2) is 5.60 Å². The molecule has 0 bridgehead atoms. The van der Waals surface area contributed by atoms with E-state index in [1.54, 1.807) is 0 Å². The van der Waals surface area contributed by atoms with Gasteiger partial charge in [-0.1, -0.05) is 50.6 Å². The van der Waals surface area contributed by atoms with E-state index in [1.807, 2.05) is 44.2 Å². The number of nitrogens with zero attached hydrogens (tertiary/aromatic N) is 1. The molecular weight excluding hydrogens is 342 g/mol. The molecule has 1 atom stereocenters. The molecule has 1 aliphatic rings. The molecule has 2 N–H and O–H groups in total. The summed E-state index contributed by atoms with van der Waals surface area (Å²) in [5.74, 6) is -0.0726. The minimum absolute atomic E-state index is 0.285. The second-order valence-electron chi connectivity index (χ2n) is 7.57. The van der Waals surface area contributed by atoms with Gasteiger partial charge in [0.2, 0.25) is 0 Å². The Morgan fingerprint density at radius 2 is 1.85 bits per heavy atom. The zero-order chi connectivity index (χ0) is 19.7. The van der Waals surface area contributed by atoms with E-state index in [-0.39, 0.29) is 11.8 Å². The molecule has 2 rings (SSSR count). The summed E-state index contributed by atoms with van der Waals surface area (Å²) >= 11 is 0. The summed E-state index contributed by atoms with van der Waals surface area (Å²) < 4.78 is 5.64. The van der Waals surface area contributed by atoms with Crippen LogP contribution in [0.4, 0.5) is 4.79 Å². The van der Waals surface area contributed by atoms with E-state index in [1.165, 1.54) is 0 Å². The third-order valence-electron chi connectivity index (χ3n) is 4.81. The van der Waals surface area contributed by atoms with Crippen molar-refractivity contribution in [3.8, 4) is 6.07 Å². The number of carbonyl (C=O) groups is 2. The van der Waals surface area contributed by atoms with Crippen molar-refractivity contribution in [3.63, 3.8) is 0 Å². The van der Waals surface area contributed by atoms with Crippen LogP contribution in [0, 0.1) is 17.2 Å². The van der Waals surface area contributed by atoms with Crippen molar-refractivity contribution < 1.29 is 14.3 Å². The highest BCUT2D eigenvalue weighted by atomic mass is 16.6. The average Bonchev–Trinajstić information content (AvgIpc) is 2.67. The molecule has 1 aromatic carbocycles. The lowest BCUT2D eigenvalue weighted by Gasteiger charge is -2.35. The van der Waals surface area contributed by atoms with Gasteiger partial charge in [0.1, 0.15) is 6.04 Å². The molecule has 0 unspecified atom stereocenters. The molecular formula is C21H29N3O3. The summed E-state index contributed by atoms with van der Waals surface area (Å²) in [6, 6.07) is 11.1. The number of hydrogen-bond donors (Lipinski definition) is 2. The maximum absolute atomic E-state index is 12.9. The van der Waals surface area contributed by atoms with E-state index in [9.17, 15) is 14.9 Å². The number of carbonyl (C=O) groups excluding carboxylic acids is 2. The standard InChI is InChI=1S/C21H29N3O3/c1-16(2)13-18(14-22)24-19(25)21(11-7-4-8-12-21)27-20(26)23-15-17-9-5-3-6-10-17/h3,5-6,9-10,16,18H,4,7-8,11-13,15H2,1-2H3,(H,23,26)(H,24,25)/t18-/m0/s1. The van der Waals surface area contributed by atoms with Crippen molar-refractivity contribution in [2.45, 2.75) is 70.6 Å². The molecule has 1 fully saturated rings. The molecule has 0 aliphatic heterocycles. The first-order valence-electron chi connectivity index (χ1n) is 9.66. The molecule has 1 saturated carbocycles. The summed E-state index contributed by atoms with van der Waals surface area (Å²) in [7, 11) is 0. The molecule has 0 heterocycles. The van der Waals surface area contributed by atoms with E-state index in [0.29, 0.717) is 25.8 Å². The number of rotatable bonds is 7. The molecule has 146 valence electrons. The first kappa shape index (κ1) is 20.8. The highest BCUT2D eigenvalue weighted by molar-refractivity contribution is 5.88. The second kappa shape index (κ2) is 9.96. The van der Waals surface area contributed by atoms with E-state index >= 15 is 0 Å². The van der Waals surface area contributed by atoms with Gasteiger partial charge in [-0.3, -0.25) is 4.79 Å². The molecule has 27 heavy (non-hydrogen) atoms. The van der Waals surface area contributed by atoms with Crippen LogP contribution in [0.2, 0.25) is 0 Å². The lowest BCUT2D eigenvalue weighted by molar-refractivity contribution is -0.144. The Morgan fingerprint density at radius 1 is 1.19 bits per heavy atom. The third kappa shape index (κ3) is 6.28. The maximum atomic E-state index is 12.9. The third-order valence-corrected chi connectivity index (χ3v) is 4.81. The van der Waals surface area contributed by atoms with Gasteiger partial charge in [-0.2, -0.15) is 5.26 Å². The van der Waals surface area contributed by atoms with Crippen LogP contribution in [0.1, 0.15) is 57.9 Å². The monoisotopic (exact) mass is 371 g/mol. The van der Waals surface area contributed by atoms with Gasteiger partial charge < -0.3 is 15.4 Å². The van der Waals surface area contributed by atoms with Crippen molar-refractivity contribution in [2.75, 3.05) is 0 Å². The zero-order valence-electron chi connectivity index (χ0n) is 16.2. The van der Waals surface area contributed by atoms with Crippen molar-refractivity contribution in [3.05, 3.63) is 35.9 Å². The van der Waals surface area contributed by atoms with Crippen LogP contribution in [0.25, 0.3) is 0 Å². The van der Waals surface area contributed by atoms with E-state index in [0.717, 1.165) is 24.8 Å². The van der Waals surface area contributed by atoms with Gasteiger partial charge in [-0.25, -0.2) is 4.79 Å². The van der Waals surface area contributed by atoms with Crippen LogP contribution in [-0.2, 0) is 16.1 Å². The fraction of sp³-hybridized carbons (Fsp3) is 0.571. The lowest BCUT2D eigenvalue weighted by Crippen LogP contribution is -2.54. The second-order valence-corrected chi connectivity index (χ2v) is 7.57. The molecule has 0 radical (unpaired) electrons. The SMILES string of the molecule is CC(C)C[C@@H](C#N)NC(=O)C1(OC(=O)NCc2ccccc2)CCCCC1. The molecule has 0 aromatic heterocycles. The van der Waals surface area contributed by atoms with Crippen molar-refractivity contribution in [1.82, 2.24) is 10.6 Å². The smallest absolute Gasteiger partial charge is 0.408 e. The van der Waals surface area contributed by atoms with Gasteiger partial charge >= 0.3 is 6.09 Å². The predicted molar refractivity (Wildman–Crippen MR) is 103 cm³/mol. The first-order chi connectivity index (χ1) is 12.9. The van der Waals surface area contributed by atoms with Crippen LogP contribution < -0.4 is 10.6 Å². The van der Waals surface area contributed by atoms with E-state index in [4.69, 9.17) is 4.74 Å². The highest BCUT2D eigenvalue weighted by Crippen LogP contribution is 2.32. The van der Waals surface area contributed by atoms with Crippen LogP contribution in [0.5, 0.6) is 0 Å². The zero-order valence-corrected chi connectivity index (χ0v) is 16.2. The first-order valence-corrected chi connectivity index (χ1v) is 9.66. The molecule has 0 saturated heterocycles. The number of ether oxygens (including phenoxy) is 1. The summed E-state index contributed by atoms with van der Waals surface area (Å²) in [5.41, 5.74) is -0.233. The quantitative estimate of drug-likeness (QED) is 0.765. The van der Waals surface area contributed by atoms with Crippen molar-refractivity contribution in [2.24, 2.45) is 5.92 Å². The Balaban J connectivity index is 2.00. The Bertz CT molecular complexity index is 661. The van der Waals surface area contributed by atoms with Crippen LogP contribution in [0.3, 0.4) is 0 Å². The maximum Gasteiger partial charge on any atom is 0.408 e. The fourth-order valence-corrected chi connectivity index (χ4v) is 3.39. The lowest BCUT2D eigenvalue weighted by atomic mass is 9.83. The predicted octanol–water partition coefficient (Wildman–Crippen LogP) is 3.67. The number of amides is 2. The summed E-state index contributed by atoms with van der Waals surface area (Å²) in [6.45, 7) is 4.34. The summed E-state index contributed by atoms with van der Waals surface area (Å²) in [5, 5.41) is 14.8. The van der Waals surface area contributed by atoms with Gasteiger partial charge in [0.25, 0.3) is 5.91 Å². The van der Waals surface area contributed by atoms with Gasteiger partial charge in [-0.15, -0.1) is 0 Å². The Hall–Kier alpha value is -2.55. The summed E-state index contributed by atoms with van der Waals surface area (Å²) in [6.07, 6.45) is 3.58. The van der Waals surface area contributed by atoms with Gasteiger partial charge in [0, 0.05) is 6.54 Å². The van der Waals surface area contributed by atoms with Crippen molar-refractivity contribution in [1.29, 1.82) is 5.26 Å². The number of benzene rings is 1. The fourth-order valence-electron chi connectivity index (χ4n) is 3.39. The number of nitrogens with one attached hydrogen (secondary N) is 2. The Morgan fingerprint density at radius 3 is 2.44 bits per heavy atom. The molecule has 0 spiro atoms. The van der Waals surface area contributed by atoms with Crippen LogP contribution >= 0.6 is 0 Å². The van der Waals surface area contributed by atoms with Gasteiger partial charge in [0.05, 0.1) is 6.07 Å². The Labute approximate surface area is 161 Å². The molecule has 1 aromatic rings. The van der Waals surface area contributed by atoms with Gasteiger partial charge in [-0.05, 0) is 43.6 Å². The van der Waals surface area contributed by atoms with E-state index < -0.39 is 17.7 Å².